The van der Waals surface area contributed by atoms with Crippen LogP contribution in [0.3, 0.4) is 0 Å². The molecule has 0 aliphatic heterocycles. The second-order valence-electron chi connectivity index (χ2n) is 5.58. The number of rotatable bonds is 3. The molecule has 0 unspecified atom stereocenters. The van der Waals surface area contributed by atoms with E-state index < -0.39 is 0 Å². The van der Waals surface area contributed by atoms with Gasteiger partial charge in [0.05, 0.1) is 0 Å². The molecule has 3 rings (SSSR count). The Hall–Kier alpha value is -1.44. The van der Waals surface area contributed by atoms with E-state index in [0.29, 0.717) is 18.6 Å². The Morgan fingerprint density at radius 1 is 1.28 bits per heavy atom. The summed E-state index contributed by atoms with van der Waals surface area (Å²) in [4.78, 5) is 22.8. The molecule has 0 bridgehead atoms. The van der Waals surface area contributed by atoms with Gasteiger partial charge in [0.2, 0.25) is 0 Å². The maximum atomic E-state index is 12.1. The van der Waals surface area contributed by atoms with Crippen molar-refractivity contribution in [3.8, 4) is 0 Å². The first-order valence-corrected chi connectivity index (χ1v) is 6.83. The summed E-state index contributed by atoms with van der Waals surface area (Å²) in [6, 6.07) is 8.48. The summed E-state index contributed by atoms with van der Waals surface area (Å²) in [5, 5.41) is 0. The van der Waals surface area contributed by atoms with Gasteiger partial charge in [-0.15, -0.1) is 0 Å². The highest BCUT2D eigenvalue weighted by molar-refractivity contribution is 5.86. The summed E-state index contributed by atoms with van der Waals surface area (Å²) in [5.41, 5.74) is 2.69. The molecule has 0 heterocycles. The molecule has 2 aliphatic rings. The van der Waals surface area contributed by atoms with Crippen LogP contribution in [0.25, 0.3) is 0 Å². The molecule has 94 valence electrons. The third-order valence-electron chi connectivity index (χ3n) is 4.84. The summed E-state index contributed by atoms with van der Waals surface area (Å²) >= 11 is 0. The highest BCUT2D eigenvalue weighted by Gasteiger charge is 2.50. The van der Waals surface area contributed by atoms with Crippen LogP contribution >= 0.6 is 0 Å². The van der Waals surface area contributed by atoms with Crippen LogP contribution in [-0.4, -0.2) is 12.1 Å². The molecule has 2 atom stereocenters. The van der Waals surface area contributed by atoms with Gasteiger partial charge in [0.1, 0.15) is 12.1 Å². The topological polar surface area (TPSA) is 34.1 Å². The lowest BCUT2D eigenvalue weighted by molar-refractivity contribution is -0.122. The van der Waals surface area contributed by atoms with Crippen LogP contribution in [0.15, 0.2) is 24.3 Å². The van der Waals surface area contributed by atoms with Crippen molar-refractivity contribution in [1.82, 2.24) is 0 Å². The molecule has 0 N–H and O–H groups in total. The highest BCUT2D eigenvalue weighted by atomic mass is 16.1. The number of carbonyl (C=O) groups excluding carboxylic acids is 2. The van der Waals surface area contributed by atoms with Crippen LogP contribution in [0, 0.1) is 5.92 Å². The Labute approximate surface area is 107 Å². The van der Waals surface area contributed by atoms with Crippen molar-refractivity contribution in [2.75, 3.05) is 0 Å². The first kappa shape index (κ1) is 11.6. The summed E-state index contributed by atoms with van der Waals surface area (Å²) in [6.45, 7) is 0. The van der Waals surface area contributed by atoms with Gasteiger partial charge in [0, 0.05) is 24.2 Å². The SMILES string of the molecule is O=CCC[C@@]12CCC(=O)[C@@H]1CCc1ccccc12. The Kier molecular flexibility index (Phi) is 2.81. The largest absolute Gasteiger partial charge is 0.303 e. The van der Waals surface area contributed by atoms with Crippen molar-refractivity contribution >= 4 is 12.1 Å². The average Bonchev–Trinajstić information content (AvgIpc) is 2.75. The number of hydrogen-bond acceptors (Lipinski definition) is 2. The number of aldehydes is 1. The predicted octanol–water partition coefficient (Wildman–Crippen LogP) is 2.83. The van der Waals surface area contributed by atoms with E-state index in [1.165, 1.54) is 11.1 Å². The molecule has 1 aromatic carbocycles. The monoisotopic (exact) mass is 242 g/mol. The predicted molar refractivity (Wildman–Crippen MR) is 69.5 cm³/mol. The van der Waals surface area contributed by atoms with Crippen LogP contribution in [0.4, 0.5) is 0 Å². The van der Waals surface area contributed by atoms with Gasteiger partial charge in [-0.1, -0.05) is 24.3 Å². The lowest BCUT2D eigenvalue weighted by atomic mass is 9.62. The lowest BCUT2D eigenvalue weighted by Crippen LogP contribution is -2.38. The van der Waals surface area contributed by atoms with E-state index in [0.717, 1.165) is 32.0 Å². The van der Waals surface area contributed by atoms with Crippen molar-refractivity contribution in [3.63, 3.8) is 0 Å². The third kappa shape index (κ3) is 1.55. The fraction of sp³-hybridized carbons (Fsp3) is 0.500. The van der Waals surface area contributed by atoms with Gasteiger partial charge in [0.15, 0.2) is 0 Å². The molecular formula is C16H18O2. The summed E-state index contributed by atoms with van der Waals surface area (Å²) in [6.07, 6.45) is 6.00. The Bertz CT molecular complexity index is 492. The van der Waals surface area contributed by atoms with Gasteiger partial charge in [-0.3, -0.25) is 4.79 Å². The van der Waals surface area contributed by atoms with Crippen molar-refractivity contribution < 1.29 is 9.59 Å². The maximum Gasteiger partial charge on any atom is 0.136 e. The lowest BCUT2D eigenvalue weighted by Gasteiger charge is -2.40. The molecular weight excluding hydrogens is 224 g/mol. The zero-order chi connectivity index (χ0) is 12.6. The molecule has 0 saturated heterocycles. The Balaban J connectivity index is 2.08. The van der Waals surface area contributed by atoms with Crippen molar-refractivity contribution in [3.05, 3.63) is 35.4 Å². The standard InChI is InChI=1S/C16H18O2/c17-11-3-9-16-10-8-15(18)14(16)7-6-12-4-1-2-5-13(12)16/h1-2,4-5,11,14H,3,6-10H2/t14-,16-/m0/s1. The van der Waals surface area contributed by atoms with Crippen LogP contribution in [0.5, 0.6) is 0 Å². The molecule has 1 aromatic rings. The highest BCUT2D eigenvalue weighted by Crippen LogP contribution is 2.52. The fourth-order valence-electron chi connectivity index (χ4n) is 4.04. The van der Waals surface area contributed by atoms with Crippen LogP contribution in [0.1, 0.15) is 43.2 Å². The molecule has 0 radical (unpaired) electrons. The smallest absolute Gasteiger partial charge is 0.136 e. The van der Waals surface area contributed by atoms with Crippen LogP contribution < -0.4 is 0 Å². The second-order valence-corrected chi connectivity index (χ2v) is 5.58. The van der Waals surface area contributed by atoms with Crippen LogP contribution in [0.2, 0.25) is 0 Å². The van der Waals surface area contributed by atoms with E-state index >= 15 is 0 Å². The third-order valence-corrected chi connectivity index (χ3v) is 4.84. The van der Waals surface area contributed by atoms with Crippen LogP contribution in [-0.2, 0) is 21.4 Å². The van der Waals surface area contributed by atoms with E-state index in [4.69, 9.17) is 0 Å². The normalized spacial score (nSPS) is 29.8. The fourth-order valence-corrected chi connectivity index (χ4v) is 4.04. The zero-order valence-electron chi connectivity index (χ0n) is 10.5. The molecule has 18 heavy (non-hydrogen) atoms. The molecule has 2 nitrogen and oxygen atoms in total. The quantitative estimate of drug-likeness (QED) is 0.764. The number of carbonyl (C=O) groups is 2. The minimum Gasteiger partial charge on any atom is -0.303 e. The van der Waals surface area contributed by atoms with Gasteiger partial charge in [0.25, 0.3) is 0 Å². The number of fused-ring (bicyclic) bond motifs is 3. The first-order chi connectivity index (χ1) is 8.78. The minimum atomic E-state index is -0.0349. The molecule has 0 aromatic heterocycles. The number of aryl methyl sites for hydroxylation is 1. The van der Waals surface area contributed by atoms with E-state index in [1.807, 2.05) is 0 Å². The molecule has 0 amide bonds. The van der Waals surface area contributed by atoms with E-state index in [2.05, 4.69) is 24.3 Å². The van der Waals surface area contributed by atoms with E-state index in [-0.39, 0.29) is 11.3 Å². The van der Waals surface area contributed by atoms with Gasteiger partial charge in [-0.2, -0.15) is 0 Å². The van der Waals surface area contributed by atoms with Crippen molar-refractivity contribution in [2.24, 2.45) is 5.92 Å². The summed E-state index contributed by atoms with van der Waals surface area (Å²) < 4.78 is 0. The molecule has 1 fully saturated rings. The second kappa shape index (κ2) is 4.34. The van der Waals surface area contributed by atoms with E-state index in [9.17, 15) is 9.59 Å². The molecule has 1 saturated carbocycles. The molecule has 2 heteroatoms. The summed E-state index contributed by atoms with van der Waals surface area (Å²) in [7, 11) is 0. The summed E-state index contributed by atoms with van der Waals surface area (Å²) in [5.74, 6) is 0.572. The van der Waals surface area contributed by atoms with Gasteiger partial charge < -0.3 is 4.79 Å². The van der Waals surface area contributed by atoms with Crippen molar-refractivity contribution in [2.45, 2.75) is 43.9 Å². The average molecular weight is 242 g/mol. The minimum absolute atomic E-state index is 0.0349. The van der Waals surface area contributed by atoms with Gasteiger partial charge >= 0.3 is 0 Å². The Morgan fingerprint density at radius 2 is 2.11 bits per heavy atom. The van der Waals surface area contributed by atoms with E-state index in [1.54, 1.807) is 0 Å². The Morgan fingerprint density at radius 3 is 2.94 bits per heavy atom. The first-order valence-electron chi connectivity index (χ1n) is 6.83. The van der Waals surface area contributed by atoms with Gasteiger partial charge in [-0.25, -0.2) is 0 Å². The van der Waals surface area contributed by atoms with Gasteiger partial charge in [-0.05, 0) is 36.8 Å². The van der Waals surface area contributed by atoms with Crippen molar-refractivity contribution in [1.29, 1.82) is 0 Å². The number of Topliss-reactive ketones (excluding diaryl/α,β-unsaturated/α-hetero) is 1. The number of hydrogen-bond donors (Lipinski definition) is 0. The number of benzene rings is 1. The maximum absolute atomic E-state index is 12.1. The zero-order valence-corrected chi connectivity index (χ0v) is 10.5. The number of ketones is 1. The molecule has 0 spiro atoms. The molecule has 2 aliphatic carbocycles.